The highest BCUT2D eigenvalue weighted by Crippen LogP contribution is 2.15. The number of amides is 1. The lowest BCUT2D eigenvalue weighted by atomic mass is 10.00. The molecule has 288 valence electrons. The van der Waals surface area contributed by atoms with Crippen LogP contribution in [0.15, 0.2) is 36.5 Å². The first-order valence-corrected chi connectivity index (χ1v) is 20.9. The van der Waals surface area contributed by atoms with Crippen LogP contribution in [0, 0.1) is 0 Å². The highest BCUT2D eigenvalue weighted by Gasteiger charge is 2.28. The van der Waals surface area contributed by atoms with Crippen molar-refractivity contribution in [3.63, 3.8) is 0 Å². The Kier molecular flexibility index (Phi) is 36.6. The van der Waals surface area contributed by atoms with E-state index >= 15 is 0 Å². The van der Waals surface area contributed by atoms with Gasteiger partial charge in [-0.05, 0) is 64.2 Å². The molecule has 4 unspecified atom stereocenters. The number of carbonyl (C=O) groups is 1. The Morgan fingerprint density at radius 3 is 1.29 bits per heavy atom. The predicted molar refractivity (Wildman–Crippen MR) is 210 cm³/mol. The van der Waals surface area contributed by atoms with Gasteiger partial charge in [0.25, 0.3) is 0 Å². The van der Waals surface area contributed by atoms with E-state index in [1.165, 1.54) is 116 Å². The lowest BCUT2D eigenvalue weighted by Crippen LogP contribution is -2.53. The standard InChI is InChI=1S/C43H81NO5/c1-3-5-7-9-11-13-15-17-19-21-23-24-26-28-30-32-34-36-40(46)42(48)39(38-45)44-43(49)41(47)37-35-33-31-29-27-25-22-20-18-16-14-12-10-8-6-4-2/h13,15,21,23,28,30,39-42,45-48H,3-12,14,16-20,22,24-27,29,31-38H2,1-2H3,(H,44,49)/b15-13+,23-21+,30-28+. The van der Waals surface area contributed by atoms with Gasteiger partial charge in [-0.1, -0.05) is 172 Å². The van der Waals surface area contributed by atoms with E-state index in [2.05, 4.69) is 55.6 Å². The van der Waals surface area contributed by atoms with E-state index in [1.807, 2.05) is 0 Å². The molecule has 49 heavy (non-hydrogen) atoms. The van der Waals surface area contributed by atoms with Crippen molar-refractivity contribution in [1.29, 1.82) is 0 Å². The SMILES string of the molecule is CCCCCC/C=C/CC/C=C/CC/C=C/CCCC(O)C(O)C(CO)NC(=O)C(O)CCCCCCCCCCCCCCCCCC. The number of allylic oxidation sites excluding steroid dienone is 6. The van der Waals surface area contributed by atoms with Gasteiger partial charge in [0.15, 0.2) is 0 Å². The number of unbranched alkanes of at least 4 members (excludes halogenated alkanes) is 22. The molecule has 6 nitrogen and oxygen atoms in total. The average Bonchev–Trinajstić information content (AvgIpc) is 3.11. The maximum absolute atomic E-state index is 12.5. The number of aliphatic hydroxyl groups is 4. The highest BCUT2D eigenvalue weighted by atomic mass is 16.3. The number of carbonyl (C=O) groups excluding carboxylic acids is 1. The minimum Gasteiger partial charge on any atom is -0.394 e. The van der Waals surface area contributed by atoms with Crippen LogP contribution in [0.3, 0.4) is 0 Å². The monoisotopic (exact) mass is 692 g/mol. The van der Waals surface area contributed by atoms with Gasteiger partial charge in [0, 0.05) is 0 Å². The third kappa shape index (κ3) is 32.2. The van der Waals surface area contributed by atoms with E-state index < -0.39 is 36.9 Å². The molecule has 0 rings (SSSR count). The largest absolute Gasteiger partial charge is 0.394 e. The second kappa shape index (κ2) is 37.8. The average molecular weight is 692 g/mol. The van der Waals surface area contributed by atoms with Gasteiger partial charge in [-0.25, -0.2) is 0 Å². The number of hydrogen-bond acceptors (Lipinski definition) is 5. The minimum absolute atomic E-state index is 0.361. The molecule has 0 aromatic rings. The molecule has 0 aromatic heterocycles. The van der Waals surface area contributed by atoms with Gasteiger partial charge in [0.05, 0.1) is 18.8 Å². The molecule has 0 saturated heterocycles. The van der Waals surface area contributed by atoms with Crippen LogP contribution in [0.4, 0.5) is 0 Å². The summed E-state index contributed by atoms with van der Waals surface area (Å²) in [5.41, 5.74) is 0. The minimum atomic E-state index is -1.29. The fraction of sp³-hybridized carbons (Fsp3) is 0.837. The highest BCUT2D eigenvalue weighted by molar-refractivity contribution is 5.80. The lowest BCUT2D eigenvalue weighted by Gasteiger charge is -2.27. The van der Waals surface area contributed by atoms with Crippen molar-refractivity contribution in [3.05, 3.63) is 36.5 Å². The molecule has 0 saturated carbocycles. The maximum Gasteiger partial charge on any atom is 0.249 e. The van der Waals surface area contributed by atoms with E-state index in [9.17, 15) is 25.2 Å². The van der Waals surface area contributed by atoms with Crippen LogP contribution >= 0.6 is 0 Å². The Morgan fingerprint density at radius 1 is 0.490 bits per heavy atom. The van der Waals surface area contributed by atoms with Crippen LogP contribution in [0.2, 0.25) is 0 Å². The van der Waals surface area contributed by atoms with Crippen LogP contribution < -0.4 is 5.32 Å². The molecule has 0 heterocycles. The van der Waals surface area contributed by atoms with Crippen LogP contribution in [-0.4, -0.2) is 57.3 Å². The Morgan fingerprint density at radius 2 is 0.857 bits per heavy atom. The Bertz CT molecular complexity index is 782. The first-order chi connectivity index (χ1) is 24.0. The fourth-order valence-electron chi connectivity index (χ4n) is 6.20. The third-order valence-electron chi connectivity index (χ3n) is 9.56. The van der Waals surface area contributed by atoms with Gasteiger partial charge in [-0.3, -0.25) is 4.79 Å². The number of hydrogen-bond donors (Lipinski definition) is 5. The summed E-state index contributed by atoms with van der Waals surface area (Å²) in [6, 6.07) is -1.01. The second-order valence-corrected chi connectivity index (χ2v) is 14.3. The summed E-state index contributed by atoms with van der Waals surface area (Å²) >= 11 is 0. The van der Waals surface area contributed by atoms with Gasteiger partial charge in [0.1, 0.15) is 12.2 Å². The first kappa shape index (κ1) is 47.5. The smallest absolute Gasteiger partial charge is 0.249 e. The molecule has 5 N–H and O–H groups in total. The van der Waals surface area contributed by atoms with E-state index in [-0.39, 0.29) is 0 Å². The number of nitrogens with one attached hydrogen (secondary N) is 1. The third-order valence-corrected chi connectivity index (χ3v) is 9.56. The van der Waals surface area contributed by atoms with E-state index in [1.54, 1.807) is 0 Å². The van der Waals surface area contributed by atoms with E-state index in [0.717, 1.165) is 51.4 Å². The molecule has 0 radical (unpaired) electrons. The first-order valence-electron chi connectivity index (χ1n) is 20.9. The molecule has 0 aliphatic carbocycles. The molecule has 1 amide bonds. The number of rotatable bonds is 37. The Hall–Kier alpha value is -1.47. The van der Waals surface area contributed by atoms with Gasteiger partial charge in [-0.15, -0.1) is 0 Å². The zero-order valence-corrected chi connectivity index (χ0v) is 32.2. The molecule has 4 atom stereocenters. The summed E-state index contributed by atoms with van der Waals surface area (Å²) in [7, 11) is 0. The van der Waals surface area contributed by atoms with Crippen LogP contribution in [0.25, 0.3) is 0 Å². The molecule has 0 aliphatic rings. The van der Waals surface area contributed by atoms with Gasteiger partial charge >= 0.3 is 0 Å². The van der Waals surface area contributed by atoms with Crippen LogP contribution in [0.1, 0.15) is 200 Å². The molecule has 0 fully saturated rings. The number of aliphatic hydroxyl groups excluding tert-OH is 4. The van der Waals surface area contributed by atoms with E-state index in [0.29, 0.717) is 19.3 Å². The summed E-state index contributed by atoms with van der Waals surface area (Å²) in [5, 5.41) is 43.6. The normalized spacial score (nSPS) is 14.7. The zero-order chi connectivity index (χ0) is 36.0. The fourth-order valence-corrected chi connectivity index (χ4v) is 6.20. The van der Waals surface area contributed by atoms with Crippen molar-refractivity contribution in [2.24, 2.45) is 0 Å². The lowest BCUT2D eigenvalue weighted by molar-refractivity contribution is -0.132. The van der Waals surface area contributed by atoms with Crippen molar-refractivity contribution < 1.29 is 25.2 Å². The van der Waals surface area contributed by atoms with Gasteiger partial charge in [0.2, 0.25) is 5.91 Å². The summed E-state index contributed by atoms with van der Waals surface area (Å²) in [6.07, 6.45) is 43.1. The molecule has 0 aliphatic heterocycles. The van der Waals surface area contributed by atoms with Gasteiger partial charge < -0.3 is 25.7 Å². The maximum atomic E-state index is 12.5. The molecular weight excluding hydrogens is 610 g/mol. The summed E-state index contributed by atoms with van der Waals surface area (Å²) < 4.78 is 0. The topological polar surface area (TPSA) is 110 Å². The van der Waals surface area contributed by atoms with Gasteiger partial charge in [-0.2, -0.15) is 0 Å². The van der Waals surface area contributed by atoms with Crippen molar-refractivity contribution in [3.8, 4) is 0 Å². The zero-order valence-electron chi connectivity index (χ0n) is 32.2. The van der Waals surface area contributed by atoms with Crippen molar-refractivity contribution in [2.75, 3.05) is 6.61 Å². The second-order valence-electron chi connectivity index (χ2n) is 14.3. The van der Waals surface area contributed by atoms with Crippen LogP contribution in [-0.2, 0) is 4.79 Å². The van der Waals surface area contributed by atoms with Crippen molar-refractivity contribution in [2.45, 2.75) is 224 Å². The van der Waals surface area contributed by atoms with Crippen molar-refractivity contribution in [1.82, 2.24) is 5.32 Å². The summed E-state index contributed by atoms with van der Waals surface area (Å²) in [5.74, 6) is -0.600. The predicted octanol–water partition coefficient (Wildman–Crippen LogP) is 10.6. The molecule has 6 heteroatoms. The Balaban J connectivity index is 3.85. The summed E-state index contributed by atoms with van der Waals surface area (Å²) in [6.45, 7) is 4.01. The molecule has 0 aromatic carbocycles. The van der Waals surface area contributed by atoms with Crippen LogP contribution in [0.5, 0.6) is 0 Å². The quantitative estimate of drug-likeness (QED) is 0.0329. The molecule has 0 bridgehead atoms. The van der Waals surface area contributed by atoms with E-state index in [4.69, 9.17) is 0 Å². The molecular formula is C43H81NO5. The Labute approximate surface area is 303 Å². The van der Waals surface area contributed by atoms with Crippen molar-refractivity contribution >= 4 is 5.91 Å². The summed E-state index contributed by atoms with van der Waals surface area (Å²) in [4.78, 5) is 12.5. The molecule has 0 spiro atoms.